The highest BCUT2D eigenvalue weighted by Gasteiger charge is 2.22. The monoisotopic (exact) mass is 193 g/mol. The summed E-state index contributed by atoms with van der Waals surface area (Å²) in [6.07, 6.45) is 2.70. The summed E-state index contributed by atoms with van der Waals surface area (Å²) in [5.74, 6) is -0.626. The molecule has 2 heterocycles. The van der Waals surface area contributed by atoms with Crippen molar-refractivity contribution in [3.8, 4) is 0 Å². The highest BCUT2D eigenvalue weighted by atomic mass is 16.3. The summed E-state index contributed by atoms with van der Waals surface area (Å²) in [4.78, 5) is 18.4. The van der Waals surface area contributed by atoms with Crippen LogP contribution in [0.15, 0.2) is 18.2 Å². The van der Waals surface area contributed by atoms with Gasteiger partial charge in [0.1, 0.15) is 6.33 Å². The standard InChI is InChI=1S/C7H7N5O2/c8-6(14)4-5(13)3-1-9-2-10-7(3)12-11-4/h1-2,11,13H,(H2,8,14)(H,9,10,12). The van der Waals surface area contributed by atoms with E-state index >= 15 is 0 Å². The Labute approximate surface area is 78.6 Å². The number of carbonyl (C=O) groups is 1. The molecule has 0 radical (unpaired) electrons. The maximum atomic E-state index is 10.8. The molecule has 0 bridgehead atoms. The topological polar surface area (TPSA) is 113 Å². The van der Waals surface area contributed by atoms with Gasteiger partial charge in [0.05, 0.1) is 5.56 Å². The summed E-state index contributed by atoms with van der Waals surface area (Å²) in [6, 6.07) is 0. The molecule has 1 aromatic heterocycles. The number of rotatable bonds is 1. The lowest BCUT2D eigenvalue weighted by Crippen LogP contribution is -2.35. The molecule has 0 spiro atoms. The zero-order valence-electron chi connectivity index (χ0n) is 6.98. The number of primary amides is 1. The summed E-state index contributed by atoms with van der Waals surface area (Å²) >= 11 is 0. The van der Waals surface area contributed by atoms with Crippen molar-refractivity contribution >= 4 is 17.5 Å². The molecule has 1 amide bonds. The lowest BCUT2D eigenvalue weighted by molar-refractivity contribution is -0.114. The molecular formula is C7H7N5O2. The average molecular weight is 193 g/mol. The van der Waals surface area contributed by atoms with E-state index in [1.165, 1.54) is 12.5 Å². The third kappa shape index (κ3) is 1.11. The molecule has 7 nitrogen and oxygen atoms in total. The fourth-order valence-corrected chi connectivity index (χ4v) is 1.10. The third-order valence-electron chi connectivity index (χ3n) is 1.76. The first-order chi connectivity index (χ1) is 6.70. The maximum absolute atomic E-state index is 10.8. The Balaban J connectivity index is 2.56. The molecule has 0 aromatic carbocycles. The molecule has 2 rings (SSSR count). The van der Waals surface area contributed by atoms with Gasteiger partial charge < -0.3 is 10.8 Å². The zero-order chi connectivity index (χ0) is 10.1. The molecule has 14 heavy (non-hydrogen) atoms. The first kappa shape index (κ1) is 8.30. The van der Waals surface area contributed by atoms with Crippen LogP contribution in [0.1, 0.15) is 5.56 Å². The van der Waals surface area contributed by atoms with Crippen LogP contribution in [0, 0.1) is 0 Å². The van der Waals surface area contributed by atoms with Gasteiger partial charge in [-0.05, 0) is 0 Å². The number of amides is 1. The summed E-state index contributed by atoms with van der Waals surface area (Å²) in [5.41, 5.74) is 10.3. The van der Waals surface area contributed by atoms with Gasteiger partial charge in [0, 0.05) is 6.20 Å². The number of hydrogen-bond acceptors (Lipinski definition) is 6. The minimum Gasteiger partial charge on any atom is -0.505 e. The highest BCUT2D eigenvalue weighted by molar-refractivity contribution is 6.00. The number of aliphatic hydroxyl groups is 1. The van der Waals surface area contributed by atoms with Gasteiger partial charge in [-0.3, -0.25) is 15.6 Å². The molecule has 5 N–H and O–H groups in total. The van der Waals surface area contributed by atoms with Gasteiger partial charge in [-0.25, -0.2) is 9.97 Å². The number of nitrogens with two attached hydrogens (primary N) is 1. The molecule has 0 atom stereocenters. The predicted molar refractivity (Wildman–Crippen MR) is 47.5 cm³/mol. The molecule has 1 aromatic rings. The van der Waals surface area contributed by atoms with E-state index < -0.39 is 5.91 Å². The van der Waals surface area contributed by atoms with Gasteiger partial charge in [0.2, 0.25) is 0 Å². The molecule has 0 fully saturated rings. The molecule has 1 aliphatic rings. The van der Waals surface area contributed by atoms with Crippen LogP contribution >= 0.6 is 0 Å². The van der Waals surface area contributed by atoms with E-state index in [2.05, 4.69) is 20.8 Å². The van der Waals surface area contributed by atoms with Crippen LogP contribution in [0.5, 0.6) is 0 Å². The number of nitrogens with one attached hydrogen (secondary N) is 2. The van der Waals surface area contributed by atoms with E-state index in [1.54, 1.807) is 0 Å². The van der Waals surface area contributed by atoms with Gasteiger partial charge in [-0.15, -0.1) is 0 Å². The number of hydrazine groups is 1. The summed E-state index contributed by atoms with van der Waals surface area (Å²) < 4.78 is 0. The van der Waals surface area contributed by atoms with Gasteiger partial charge >= 0.3 is 0 Å². The van der Waals surface area contributed by atoms with E-state index in [4.69, 9.17) is 5.73 Å². The number of aromatic nitrogens is 2. The number of fused-ring (bicyclic) bond motifs is 1. The van der Waals surface area contributed by atoms with Crippen LogP contribution in [-0.4, -0.2) is 21.0 Å². The number of nitrogens with zero attached hydrogens (tertiary/aromatic N) is 2. The van der Waals surface area contributed by atoms with Crippen LogP contribution in [0.4, 0.5) is 5.82 Å². The molecule has 1 aliphatic heterocycles. The van der Waals surface area contributed by atoms with Crippen molar-refractivity contribution in [2.24, 2.45) is 5.73 Å². The van der Waals surface area contributed by atoms with Crippen molar-refractivity contribution in [2.75, 3.05) is 5.43 Å². The Morgan fingerprint density at radius 1 is 1.50 bits per heavy atom. The van der Waals surface area contributed by atoms with Crippen molar-refractivity contribution < 1.29 is 9.90 Å². The van der Waals surface area contributed by atoms with Crippen molar-refractivity contribution in [1.82, 2.24) is 15.4 Å². The Morgan fingerprint density at radius 2 is 2.29 bits per heavy atom. The Morgan fingerprint density at radius 3 is 3.00 bits per heavy atom. The predicted octanol–water partition coefficient (Wildman–Crippen LogP) is -0.881. The van der Waals surface area contributed by atoms with Crippen LogP contribution in [0.3, 0.4) is 0 Å². The quantitative estimate of drug-likeness (QED) is 0.460. The second-order valence-electron chi connectivity index (χ2n) is 2.62. The van der Waals surface area contributed by atoms with Crippen molar-refractivity contribution in [2.45, 2.75) is 0 Å². The minimum absolute atomic E-state index is 0.104. The Bertz CT molecular complexity index is 428. The van der Waals surface area contributed by atoms with Crippen molar-refractivity contribution in [1.29, 1.82) is 0 Å². The Hall–Kier alpha value is -2.31. The number of carbonyl (C=O) groups excluding carboxylic acids is 1. The normalized spacial score (nSPS) is 14.0. The third-order valence-corrected chi connectivity index (χ3v) is 1.76. The smallest absolute Gasteiger partial charge is 0.270 e. The fourth-order valence-electron chi connectivity index (χ4n) is 1.10. The SMILES string of the molecule is NC(=O)C1=C(O)c2cncnc2NN1. The fraction of sp³-hybridized carbons (Fsp3) is 0. The number of hydrogen-bond donors (Lipinski definition) is 4. The summed E-state index contributed by atoms with van der Waals surface area (Å²) in [5, 5.41) is 9.59. The largest absolute Gasteiger partial charge is 0.505 e. The van der Waals surface area contributed by atoms with Gasteiger partial charge in [0.25, 0.3) is 5.91 Å². The van der Waals surface area contributed by atoms with Crippen LogP contribution in [-0.2, 0) is 4.79 Å². The molecule has 0 aliphatic carbocycles. The highest BCUT2D eigenvalue weighted by Crippen LogP contribution is 2.23. The van der Waals surface area contributed by atoms with Gasteiger partial charge in [-0.2, -0.15) is 0 Å². The van der Waals surface area contributed by atoms with E-state index in [0.717, 1.165) is 0 Å². The molecule has 72 valence electrons. The molecule has 0 saturated carbocycles. The van der Waals surface area contributed by atoms with Crippen molar-refractivity contribution in [3.63, 3.8) is 0 Å². The first-order valence-electron chi connectivity index (χ1n) is 3.75. The molecule has 0 saturated heterocycles. The summed E-state index contributed by atoms with van der Waals surface area (Å²) in [7, 11) is 0. The van der Waals surface area contributed by atoms with E-state index in [9.17, 15) is 9.90 Å². The lowest BCUT2D eigenvalue weighted by atomic mass is 10.2. The van der Waals surface area contributed by atoms with Crippen LogP contribution in [0.2, 0.25) is 0 Å². The second-order valence-corrected chi connectivity index (χ2v) is 2.62. The Kier molecular flexibility index (Phi) is 1.70. The number of aliphatic hydroxyl groups excluding tert-OH is 1. The van der Waals surface area contributed by atoms with Crippen LogP contribution < -0.4 is 16.6 Å². The lowest BCUT2D eigenvalue weighted by Gasteiger charge is -2.19. The maximum Gasteiger partial charge on any atom is 0.270 e. The zero-order valence-corrected chi connectivity index (χ0v) is 6.98. The molecule has 7 heteroatoms. The average Bonchev–Trinajstić information content (AvgIpc) is 2.18. The number of anilines is 1. The summed E-state index contributed by atoms with van der Waals surface area (Å²) in [6.45, 7) is 0. The molecule has 0 unspecified atom stereocenters. The molecular weight excluding hydrogens is 186 g/mol. The van der Waals surface area contributed by atoms with Crippen molar-refractivity contribution in [3.05, 3.63) is 23.8 Å². The van der Waals surface area contributed by atoms with Gasteiger partial charge in [0.15, 0.2) is 17.3 Å². The van der Waals surface area contributed by atoms with E-state index in [0.29, 0.717) is 11.4 Å². The minimum atomic E-state index is -0.760. The van der Waals surface area contributed by atoms with Gasteiger partial charge in [-0.1, -0.05) is 0 Å². The van der Waals surface area contributed by atoms with Crippen LogP contribution in [0.25, 0.3) is 5.76 Å². The van der Waals surface area contributed by atoms with E-state index in [1.807, 2.05) is 0 Å². The second kappa shape index (κ2) is 2.87. The first-order valence-corrected chi connectivity index (χ1v) is 3.75. The van der Waals surface area contributed by atoms with E-state index in [-0.39, 0.29) is 11.5 Å².